The van der Waals surface area contributed by atoms with E-state index in [-0.39, 0.29) is 5.60 Å². The molecule has 2 aromatic rings. The zero-order valence-electron chi connectivity index (χ0n) is 14.0. The smallest absolute Gasteiger partial charge is 0.352 e. The van der Waals surface area contributed by atoms with E-state index in [0.717, 1.165) is 36.8 Å². The molecule has 1 aromatic carbocycles. The molecular formula is C20H23NO3. The fourth-order valence-electron chi connectivity index (χ4n) is 4.49. The Morgan fingerprint density at radius 3 is 2.79 bits per heavy atom. The molecule has 1 aromatic heterocycles. The molecule has 1 spiro atoms. The summed E-state index contributed by atoms with van der Waals surface area (Å²) in [6.45, 7) is 3.04. The molecule has 2 heterocycles. The lowest BCUT2D eigenvalue weighted by Gasteiger charge is -2.30. The quantitative estimate of drug-likeness (QED) is 0.913. The van der Waals surface area contributed by atoms with Crippen LogP contribution in [0.15, 0.2) is 24.3 Å². The van der Waals surface area contributed by atoms with Gasteiger partial charge in [-0.2, -0.15) is 0 Å². The molecule has 0 radical (unpaired) electrons. The minimum Gasteiger partial charge on any atom is -0.477 e. The van der Waals surface area contributed by atoms with Crippen molar-refractivity contribution in [2.75, 3.05) is 6.61 Å². The maximum Gasteiger partial charge on any atom is 0.352 e. The normalized spacial score (nSPS) is 30.6. The van der Waals surface area contributed by atoms with Crippen molar-refractivity contribution in [1.29, 1.82) is 0 Å². The highest BCUT2D eigenvalue weighted by Gasteiger charge is 2.48. The summed E-state index contributed by atoms with van der Waals surface area (Å²) in [5.41, 5.74) is 3.01. The van der Waals surface area contributed by atoms with Crippen molar-refractivity contribution in [3.05, 3.63) is 35.5 Å². The van der Waals surface area contributed by atoms with Gasteiger partial charge in [0.1, 0.15) is 5.69 Å². The highest BCUT2D eigenvalue weighted by Crippen LogP contribution is 2.51. The number of ether oxygens (including phenoxy) is 1. The van der Waals surface area contributed by atoms with E-state index in [4.69, 9.17) is 4.74 Å². The van der Waals surface area contributed by atoms with Gasteiger partial charge in [0.2, 0.25) is 0 Å². The van der Waals surface area contributed by atoms with Crippen LogP contribution in [0.1, 0.15) is 67.0 Å². The molecule has 3 aliphatic rings. The van der Waals surface area contributed by atoms with Crippen LogP contribution in [0.25, 0.3) is 10.9 Å². The van der Waals surface area contributed by atoms with E-state index < -0.39 is 5.97 Å². The number of carboxylic acids is 1. The Hall–Kier alpha value is -1.81. The second kappa shape index (κ2) is 4.85. The van der Waals surface area contributed by atoms with Gasteiger partial charge in [0.05, 0.1) is 5.60 Å². The highest BCUT2D eigenvalue weighted by molar-refractivity contribution is 5.95. The predicted octanol–water partition coefficient (Wildman–Crippen LogP) is 4.35. The Balaban J connectivity index is 1.55. The second-order valence-corrected chi connectivity index (χ2v) is 8.02. The number of hydrogen-bond acceptors (Lipinski definition) is 2. The molecule has 2 saturated carbocycles. The van der Waals surface area contributed by atoms with Crippen molar-refractivity contribution >= 4 is 16.9 Å². The number of carboxylic acid groups (broad SMARTS) is 1. The second-order valence-electron chi connectivity index (χ2n) is 8.02. The van der Waals surface area contributed by atoms with Crippen molar-refractivity contribution in [1.82, 2.24) is 4.57 Å². The maximum absolute atomic E-state index is 11.7. The minimum atomic E-state index is -0.824. The van der Waals surface area contributed by atoms with Crippen LogP contribution < -0.4 is 0 Å². The van der Waals surface area contributed by atoms with E-state index in [2.05, 4.69) is 25.1 Å². The molecule has 1 N–H and O–H groups in total. The monoisotopic (exact) mass is 325 g/mol. The van der Waals surface area contributed by atoms with Crippen LogP contribution in [-0.2, 0) is 4.74 Å². The highest BCUT2D eigenvalue weighted by atomic mass is 16.5. The van der Waals surface area contributed by atoms with Gasteiger partial charge in [0.25, 0.3) is 0 Å². The first-order valence-electron chi connectivity index (χ1n) is 9.08. The number of rotatable bonds is 3. The standard InChI is InChI=1S/C20H23NO3/c1-12-8-17(12)21-16-3-2-13(9-15(16)10-18(21)19(22)23)14-4-7-24-20(11-14)5-6-20/h2-3,9-10,12,14,17H,4-8,11H2,1H3,(H,22,23)/t12-,14-,17-/m1/s1. The first-order valence-corrected chi connectivity index (χ1v) is 9.08. The SMILES string of the molecule is C[C@@H]1C[C@H]1n1c(C(=O)O)cc2cc([C@@H]3CCOC4(CC4)C3)ccc21. The first-order chi connectivity index (χ1) is 11.6. The summed E-state index contributed by atoms with van der Waals surface area (Å²) in [4.78, 5) is 11.7. The first kappa shape index (κ1) is 14.5. The Bertz CT molecular complexity index is 833. The summed E-state index contributed by atoms with van der Waals surface area (Å²) >= 11 is 0. The number of fused-ring (bicyclic) bond motifs is 1. The van der Waals surface area contributed by atoms with Gasteiger partial charge in [-0.3, -0.25) is 0 Å². The Kier molecular flexibility index (Phi) is 2.94. The molecule has 0 unspecified atom stereocenters. The maximum atomic E-state index is 11.7. The van der Waals surface area contributed by atoms with Crippen LogP contribution in [0, 0.1) is 5.92 Å². The third-order valence-corrected chi connectivity index (χ3v) is 6.25. The Morgan fingerprint density at radius 2 is 2.12 bits per heavy atom. The molecule has 1 aliphatic heterocycles. The molecule has 2 aliphatic carbocycles. The molecule has 4 heteroatoms. The van der Waals surface area contributed by atoms with E-state index in [1.807, 2.05) is 10.6 Å². The van der Waals surface area contributed by atoms with E-state index in [0.29, 0.717) is 23.6 Å². The average molecular weight is 325 g/mol. The summed E-state index contributed by atoms with van der Waals surface area (Å²) in [7, 11) is 0. The summed E-state index contributed by atoms with van der Waals surface area (Å²) in [6.07, 6.45) is 5.66. The van der Waals surface area contributed by atoms with E-state index >= 15 is 0 Å². The Labute approximate surface area is 141 Å². The van der Waals surface area contributed by atoms with E-state index in [1.165, 1.54) is 18.4 Å². The van der Waals surface area contributed by atoms with Gasteiger partial charge in [-0.1, -0.05) is 13.0 Å². The molecule has 0 bridgehead atoms. The van der Waals surface area contributed by atoms with Gasteiger partial charge in [-0.25, -0.2) is 4.79 Å². The lowest BCUT2D eigenvalue weighted by molar-refractivity contribution is -0.0132. The fourth-order valence-corrected chi connectivity index (χ4v) is 4.49. The van der Waals surface area contributed by atoms with Gasteiger partial charge in [-0.15, -0.1) is 0 Å². The number of aromatic carboxylic acids is 1. The van der Waals surface area contributed by atoms with Crippen LogP contribution in [0.4, 0.5) is 0 Å². The Morgan fingerprint density at radius 1 is 1.33 bits per heavy atom. The molecule has 126 valence electrons. The number of carbonyl (C=O) groups is 1. The summed E-state index contributed by atoms with van der Waals surface area (Å²) in [5.74, 6) is 0.292. The molecule has 5 rings (SSSR count). The van der Waals surface area contributed by atoms with Gasteiger partial charge < -0.3 is 14.4 Å². The van der Waals surface area contributed by atoms with Crippen molar-refractivity contribution in [3.63, 3.8) is 0 Å². The number of aromatic nitrogens is 1. The number of hydrogen-bond donors (Lipinski definition) is 1. The van der Waals surface area contributed by atoms with Gasteiger partial charge >= 0.3 is 5.97 Å². The molecule has 3 fully saturated rings. The van der Waals surface area contributed by atoms with E-state index in [9.17, 15) is 9.90 Å². The van der Waals surface area contributed by atoms with Crippen LogP contribution in [-0.4, -0.2) is 27.9 Å². The fraction of sp³-hybridized carbons (Fsp3) is 0.550. The third-order valence-electron chi connectivity index (χ3n) is 6.25. The van der Waals surface area contributed by atoms with Crippen molar-refractivity contribution in [2.24, 2.45) is 5.92 Å². The van der Waals surface area contributed by atoms with Crippen molar-refractivity contribution in [2.45, 2.75) is 56.6 Å². The third kappa shape index (κ3) is 2.20. The van der Waals surface area contributed by atoms with Crippen LogP contribution >= 0.6 is 0 Å². The molecular weight excluding hydrogens is 302 g/mol. The predicted molar refractivity (Wildman–Crippen MR) is 91.6 cm³/mol. The molecule has 24 heavy (non-hydrogen) atoms. The van der Waals surface area contributed by atoms with Gasteiger partial charge in [-0.05, 0) is 67.7 Å². The van der Waals surface area contributed by atoms with Gasteiger partial charge in [0, 0.05) is 23.6 Å². The molecule has 0 amide bonds. The van der Waals surface area contributed by atoms with Crippen LogP contribution in [0.5, 0.6) is 0 Å². The lowest BCUT2D eigenvalue weighted by atomic mass is 9.87. The number of nitrogens with zero attached hydrogens (tertiary/aromatic N) is 1. The summed E-state index contributed by atoms with van der Waals surface area (Å²) < 4.78 is 7.98. The zero-order chi connectivity index (χ0) is 16.5. The molecule has 3 atom stereocenters. The van der Waals surface area contributed by atoms with Crippen LogP contribution in [0.2, 0.25) is 0 Å². The minimum absolute atomic E-state index is 0.166. The summed E-state index contributed by atoms with van der Waals surface area (Å²) in [6, 6.07) is 8.77. The van der Waals surface area contributed by atoms with Crippen molar-refractivity contribution in [3.8, 4) is 0 Å². The van der Waals surface area contributed by atoms with E-state index in [1.54, 1.807) is 0 Å². The zero-order valence-corrected chi connectivity index (χ0v) is 14.0. The lowest BCUT2D eigenvalue weighted by Crippen LogP contribution is -2.25. The van der Waals surface area contributed by atoms with Crippen LogP contribution in [0.3, 0.4) is 0 Å². The summed E-state index contributed by atoms with van der Waals surface area (Å²) in [5, 5.41) is 10.7. The topological polar surface area (TPSA) is 51.5 Å². The number of benzene rings is 1. The van der Waals surface area contributed by atoms with Crippen molar-refractivity contribution < 1.29 is 14.6 Å². The average Bonchev–Trinajstić information content (AvgIpc) is 3.45. The molecule has 4 nitrogen and oxygen atoms in total. The van der Waals surface area contributed by atoms with Gasteiger partial charge in [0.15, 0.2) is 0 Å². The largest absolute Gasteiger partial charge is 0.477 e. The molecule has 1 saturated heterocycles.